The highest BCUT2D eigenvalue weighted by Gasteiger charge is 2.24. The van der Waals surface area contributed by atoms with Crippen molar-refractivity contribution < 1.29 is 4.79 Å². The monoisotopic (exact) mass is 247 g/mol. The van der Waals surface area contributed by atoms with Crippen LogP contribution in [0.2, 0.25) is 0 Å². The van der Waals surface area contributed by atoms with Crippen molar-refractivity contribution in [3.8, 4) is 0 Å². The van der Waals surface area contributed by atoms with Crippen LogP contribution in [0.15, 0.2) is 30.3 Å². The Bertz CT molecular complexity index is 376. The highest BCUT2D eigenvalue weighted by Crippen LogP contribution is 2.18. The number of nitrogens with one attached hydrogen (secondary N) is 2. The van der Waals surface area contributed by atoms with E-state index in [2.05, 4.69) is 22.8 Å². The summed E-state index contributed by atoms with van der Waals surface area (Å²) in [5.74, 6) is 0.105. The molecule has 1 atom stereocenters. The maximum absolute atomic E-state index is 11.7. The van der Waals surface area contributed by atoms with Gasteiger partial charge in [-0.15, -0.1) is 0 Å². The molecule has 1 unspecified atom stereocenters. The summed E-state index contributed by atoms with van der Waals surface area (Å²) >= 11 is 0. The summed E-state index contributed by atoms with van der Waals surface area (Å²) in [6.45, 7) is 1.23. The highest BCUT2D eigenvalue weighted by atomic mass is 16.1. The number of benzene rings is 1. The van der Waals surface area contributed by atoms with Gasteiger partial charge >= 0.3 is 0 Å². The second-order valence-corrected chi connectivity index (χ2v) is 4.85. The highest BCUT2D eigenvalue weighted by molar-refractivity contribution is 5.77. The largest absolute Gasteiger partial charge is 0.353 e. The van der Waals surface area contributed by atoms with E-state index in [1.165, 1.54) is 5.56 Å². The van der Waals surface area contributed by atoms with Crippen molar-refractivity contribution in [1.82, 2.24) is 10.6 Å². The smallest absolute Gasteiger partial charge is 0.221 e. The molecule has 1 aliphatic carbocycles. The fraction of sp³-hybridized carbons (Fsp3) is 0.500. The second-order valence-electron chi connectivity index (χ2n) is 4.85. The van der Waals surface area contributed by atoms with Crippen molar-refractivity contribution in [1.29, 1.82) is 0 Å². The minimum absolute atomic E-state index is 0.0453. The molecule has 0 aromatic heterocycles. The summed E-state index contributed by atoms with van der Waals surface area (Å²) in [6, 6.07) is 10.6. The molecule has 0 spiro atoms. The van der Waals surface area contributed by atoms with Crippen LogP contribution < -0.4 is 16.4 Å². The molecule has 0 bridgehead atoms. The quantitative estimate of drug-likeness (QED) is 0.667. The lowest BCUT2D eigenvalue weighted by Crippen LogP contribution is -2.40. The van der Waals surface area contributed by atoms with Gasteiger partial charge in [0.1, 0.15) is 0 Å². The minimum Gasteiger partial charge on any atom is -0.353 e. The fourth-order valence-electron chi connectivity index (χ4n) is 1.83. The number of rotatable bonds is 7. The minimum atomic E-state index is 0.0453. The first-order valence-electron chi connectivity index (χ1n) is 6.54. The number of carbonyl (C=O) groups is 1. The molecule has 1 aliphatic rings. The van der Waals surface area contributed by atoms with Gasteiger partial charge in [0.25, 0.3) is 0 Å². The molecule has 98 valence electrons. The molecule has 1 saturated carbocycles. The van der Waals surface area contributed by atoms with Crippen LogP contribution in [0.1, 0.15) is 24.8 Å². The van der Waals surface area contributed by atoms with Crippen LogP contribution in [-0.4, -0.2) is 24.5 Å². The SMILES string of the molecule is NCC(CC(=O)NC1CC1)NCc1ccccc1. The van der Waals surface area contributed by atoms with E-state index in [0.717, 1.165) is 19.4 Å². The summed E-state index contributed by atoms with van der Waals surface area (Å²) in [5, 5.41) is 6.31. The zero-order valence-electron chi connectivity index (χ0n) is 10.6. The molecule has 1 amide bonds. The lowest BCUT2D eigenvalue weighted by Gasteiger charge is -2.16. The van der Waals surface area contributed by atoms with E-state index in [1.807, 2.05) is 18.2 Å². The molecule has 1 aromatic carbocycles. The van der Waals surface area contributed by atoms with Crippen LogP contribution in [0.3, 0.4) is 0 Å². The van der Waals surface area contributed by atoms with E-state index in [0.29, 0.717) is 19.0 Å². The van der Waals surface area contributed by atoms with Crippen LogP contribution in [0.4, 0.5) is 0 Å². The molecule has 1 fully saturated rings. The Morgan fingerprint density at radius 2 is 2.06 bits per heavy atom. The third-order valence-electron chi connectivity index (χ3n) is 3.10. The first-order chi connectivity index (χ1) is 8.78. The zero-order valence-corrected chi connectivity index (χ0v) is 10.6. The Labute approximate surface area is 108 Å². The molecule has 4 N–H and O–H groups in total. The number of hydrogen-bond acceptors (Lipinski definition) is 3. The summed E-state index contributed by atoms with van der Waals surface area (Å²) in [4.78, 5) is 11.7. The maximum atomic E-state index is 11.7. The van der Waals surface area contributed by atoms with Gasteiger partial charge < -0.3 is 16.4 Å². The van der Waals surface area contributed by atoms with Crippen LogP contribution in [0.25, 0.3) is 0 Å². The predicted octanol–water partition coefficient (Wildman–Crippen LogP) is 0.772. The van der Waals surface area contributed by atoms with E-state index < -0.39 is 0 Å². The van der Waals surface area contributed by atoms with E-state index in [-0.39, 0.29) is 11.9 Å². The summed E-state index contributed by atoms with van der Waals surface area (Å²) < 4.78 is 0. The van der Waals surface area contributed by atoms with Gasteiger partial charge in [-0.1, -0.05) is 30.3 Å². The lowest BCUT2D eigenvalue weighted by atomic mass is 10.1. The third kappa shape index (κ3) is 4.47. The predicted molar refractivity (Wildman–Crippen MR) is 71.9 cm³/mol. The Balaban J connectivity index is 1.72. The van der Waals surface area contributed by atoms with Crippen LogP contribution >= 0.6 is 0 Å². The van der Waals surface area contributed by atoms with Crippen molar-refractivity contribution in [3.63, 3.8) is 0 Å². The van der Waals surface area contributed by atoms with Crippen molar-refractivity contribution in [3.05, 3.63) is 35.9 Å². The molecule has 0 aliphatic heterocycles. The summed E-state index contributed by atoms with van der Waals surface area (Å²) in [6.07, 6.45) is 2.70. The van der Waals surface area contributed by atoms with Crippen LogP contribution in [0, 0.1) is 0 Å². The average Bonchev–Trinajstić information content (AvgIpc) is 3.19. The van der Waals surface area contributed by atoms with E-state index >= 15 is 0 Å². The molecule has 0 saturated heterocycles. The van der Waals surface area contributed by atoms with Gasteiger partial charge in [0.2, 0.25) is 5.91 Å². The van der Waals surface area contributed by atoms with E-state index in [9.17, 15) is 4.79 Å². The van der Waals surface area contributed by atoms with Gasteiger partial charge in [-0.2, -0.15) is 0 Å². The lowest BCUT2D eigenvalue weighted by molar-refractivity contribution is -0.121. The molecular weight excluding hydrogens is 226 g/mol. The van der Waals surface area contributed by atoms with Crippen molar-refractivity contribution in [2.24, 2.45) is 5.73 Å². The Morgan fingerprint density at radius 1 is 1.33 bits per heavy atom. The summed E-state index contributed by atoms with van der Waals surface area (Å²) in [7, 11) is 0. The van der Waals surface area contributed by atoms with Crippen LogP contribution in [-0.2, 0) is 11.3 Å². The molecule has 18 heavy (non-hydrogen) atoms. The topological polar surface area (TPSA) is 67.2 Å². The van der Waals surface area contributed by atoms with Gasteiger partial charge in [-0.25, -0.2) is 0 Å². The van der Waals surface area contributed by atoms with Gasteiger partial charge in [-0.3, -0.25) is 4.79 Å². The number of carbonyl (C=O) groups excluding carboxylic acids is 1. The number of amides is 1. The molecule has 1 aromatic rings. The number of hydrogen-bond donors (Lipinski definition) is 3. The first-order valence-corrected chi connectivity index (χ1v) is 6.54. The first kappa shape index (κ1) is 13.1. The maximum Gasteiger partial charge on any atom is 0.221 e. The summed E-state index contributed by atoms with van der Waals surface area (Å²) in [5.41, 5.74) is 6.90. The fourth-order valence-corrected chi connectivity index (χ4v) is 1.83. The molecule has 0 heterocycles. The van der Waals surface area contributed by atoms with E-state index in [1.54, 1.807) is 0 Å². The normalized spacial score (nSPS) is 16.3. The molecule has 4 heteroatoms. The van der Waals surface area contributed by atoms with Crippen molar-refractivity contribution in [2.45, 2.75) is 37.9 Å². The molecule has 4 nitrogen and oxygen atoms in total. The van der Waals surface area contributed by atoms with Gasteiger partial charge in [0.05, 0.1) is 0 Å². The van der Waals surface area contributed by atoms with Crippen molar-refractivity contribution >= 4 is 5.91 Å². The Morgan fingerprint density at radius 3 is 2.67 bits per heavy atom. The molecular formula is C14H21N3O. The van der Waals surface area contributed by atoms with E-state index in [4.69, 9.17) is 5.73 Å². The molecule has 0 radical (unpaired) electrons. The molecule has 2 rings (SSSR count). The third-order valence-corrected chi connectivity index (χ3v) is 3.10. The zero-order chi connectivity index (χ0) is 12.8. The second kappa shape index (κ2) is 6.52. The van der Waals surface area contributed by atoms with Crippen LogP contribution in [0.5, 0.6) is 0 Å². The Kier molecular flexibility index (Phi) is 4.73. The van der Waals surface area contributed by atoms with Gasteiger partial charge in [0.15, 0.2) is 0 Å². The Hall–Kier alpha value is -1.39. The number of nitrogens with two attached hydrogens (primary N) is 1. The average molecular weight is 247 g/mol. The standard InChI is InChI=1S/C14H21N3O/c15-9-13(8-14(18)17-12-6-7-12)16-10-11-4-2-1-3-5-11/h1-5,12-13,16H,6-10,15H2,(H,17,18). The van der Waals surface area contributed by atoms with Crippen molar-refractivity contribution in [2.75, 3.05) is 6.54 Å². The van der Waals surface area contributed by atoms with Gasteiger partial charge in [-0.05, 0) is 18.4 Å². The van der Waals surface area contributed by atoms with Gasteiger partial charge in [0, 0.05) is 31.6 Å².